The number of para-hydroxylation sites is 1. The molecule has 0 atom stereocenters. The number of hydrogen-bond donors (Lipinski definition) is 2. The van der Waals surface area contributed by atoms with Gasteiger partial charge < -0.3 is 10.6 Å². The van der Waals surface area contributed by atoms with Gasteiger partial charge >= 0.3 is 0 Å². The normalized spacial score (nSPS) is 10.5. The standard InChI is InChI=1S/C18H22N2O/c1-13(2)18(21)20-16-10-8-14(9-11-16)12-15-6-4-5-7-17(15)19-3/h4-11,13,19H,12H2,1-3H3,(H,20,21). The molecule has 21 heavy (non-hydrogen) atoms. The predicted molar refractivity (Wildman–Crippen MR) is 88.7 cm³/mol. The maximum atomic E-state index is 11.7. The van der Waals surface area contributed by atoms with Crippen LogP contribution in [-0.2, 0) is 11.2 Å². The lowest BCUT2D eigenvalue weighted by molar-refractivity contribution is -0.118. The second-order valence-corrected chi connectivity index (χ2v) is 5.42. The monoisotopic (exact) mass is 282 g/mol. The minimum absolute atomic E-state index is 0.00724. The van der Waals surface area contributed by atoms with E-state index in [2.05, 4.69) is 34.9 Å². The van der Waals surface area contributed by atoms with Gasteiger partial charge in [0.15, 0.2) is 0 Å². The summed E-state index contributed by atoms with van der Waals surface area (Å²) in [6.45, 7) is 3.77. The van der Waals surface area contributed by atoms with Gasteiger partial charge in [-0.15, -0.1) is 0 Å². The molecule has 2 N–H and O–H groups in total. The van der Waals surface area contributed by atoms with Gasteiger partial charge in [0.2, 0.25) is 5.91 Å². The van der Waals surface area contributed by atoms with Gasteiger partial charge in [-0.25, -0.2) is 0 Å². The molecule has 0 aliphatic rings. The number of hydrogen-bond acceptors (Lipinski definition) is 2. The van der Waals surface area contributed by atoms with Crippen LogP contribution in [0.25, 0.3) is 0 Å². The van der Waals surface area contributed by atoms with Crippen molar-refractivity contribution in [2.45, 2.75) is 20.3 Å². The average molecular weight is 282 g/mol. The molecule has 0 fully saturated rings. The zero-order valence-electron chi connectivity index (χ0n) is 12.8. The topological polar surface area (TPSA) is 41.1 Å². The fraction of sp³-hybridized carbons (Fsp3) is 0.278. The largest absolute Gasteiger partial charge is 0.388 e. The third-order valence-electron chi connectivity index (χ3n) is 3.43. The molecule has 2 aromatic rings. The van der Waals surface area contributed by atoms with Crippen molar-refractivity contribution in [3.05, 3.63) is 59.7 Å². The van der Waals surface area contributed by atoms with Gasteiger partial charge in [0, 0.05) is 24.3 Å². The highest BCUT2D eigenvalue weighted by Crippen LogP contribution is 2.20. The molecule has 0 saturated heterocycles. The van der Waals surface area contributed by atoms with Crippen LogP contribution in [0.4, 0.5) is 11.4 Å². The molecule has 0 aliphatic carbocycles. The number of anilines is 2. The number of nitrogens with one attached hydrogen (secondary N) is 2. The summed E-state index contributed by atoms with van der Waals surface area (Å²) in [6, 6.07) is 16.3. The van der Waals surface area contributed by atoms with Crippen molar-refractivity contribution < 1.29 is 4.79 Å². The molecule has 110 valence electrons. The predicted octanol–water partition coefficient (Wildman–Crippen LogP) is 3.91. The van der Waals surface area contributed by atoms with Gasteiger partial charge in [0.05, 0.1) is 0 Å². The average Bonchev–Trinajstić information content (AvgIpc) is 2.49. The Labute approximate surface area is 126 Å². The Bertz CT molecular complexity index is 603. The van der Waals surface area contributed by atoms with Crippen LogP contribution in [0.15, 0.2) is 48.5 Å². The van der Waals surface area contributed by atoms with E-state index in [1.807, 2.05) is 45.2 Å². The van der Waals surface area contributed by atoms with E-state index in [1.54, 1.807) is 0 Å². The fourth-order valence-electron chi connectivity index (χ4n) is 2.13. The highest BCUT2D eigenvalue weighted by atomic mass is 16.1. The van der Waals surface area contributed by atoms with E-state index < -0.39 is 0 Å². The van der Waals surface area contributed by atoms with Crippen LogP contribution in [0.3, 0.4) is 0 Å². The zero-order valence-corrected chi connectivity index (χ0v) is 12.8. The van der Waals surface area contributed by atoms with Gasteiger partial charge in [-0.3, -0.25) is 4.79 Å². The van der Waals surface area contributed by atoms with Crippen LogP contribution < -0.4 is 10.6 Å². The molecule has 0 heterocycles. The number of carbonyl (C=O) groups is 1. The van der Waals surface area contributed by atoms with Crippen molar-refractivity contribution in [3.8, 4) is 0 Å². The zero-order chi connectivity index (χ0) is 15.2. The Morgan fingerprint density at radius 3 is 2.33 bits per heavy atom. The highest BCUT2D eigenvalue weighted by Gasteiger charge is 2.07. The number of rotatable bonds is 5. The summed E-state index contributed by atoms with van der Waals surface area (Å²) in [5.41, 5.74) is 4.48. The number of carbonyl (C=O) groups excluding carboxylic acids is 1. The first kappa shape index (κ1) is 15.1. The van der Waals surface area contributed by atoms with Crippen LogP contribution in [0.2, 0.25) is 0 Å². The molecule has 0 spiro atoms. The Balaban J connectivity index is 2.07. The molecule has 1 amide bonds. The van der Waals surface area contributed by atoms with Crippen LogP contribution in [0.5, 0.6) is 0 Å². The van der Waals surface area contributed by atoms with Crippen LogP contribution in [0.1, 0.15) is 25.0 Å². The minimum Gasteiger partial charge on any atom is -0.388 e. The Morgan fingerprint density at radius 1 is 1.05 bits per heavy atom. The molecule has 0 saturated carbocycles. The summed E-state index contributed by atoms with van der Waals surface area (Å²) in [5, 5.41) is 6.11. The second kappa shape index (κ2) is 6.93. The molecule has 0 aromatic heterocycles. The first-order valence-corrected chi connectivity index (χ1v) is 7.25. The smallest absolute Gasteiger partial charge is 0.226 e. The van der Waals surface area contributed by atoms with Gasteiger partial charge in [0.1, 0.15) is 0 Å². The van der Waals surface area contributed by atoms with Crippen molar-refractivity contribution >= 4 is 17.3 Å². The van der Waals surface area contributed by atoms with Gasteiger partial charge in [-0.1, -0.05) is 44.2 Å². The summed E-state index contributed by atoms with van der Waals surface area (Å²) in [5.74, 6) is 0.0375. The lowest BCUT2D eigenvalue weighted by Gasteiger charge is -2.10. The maximum absolute atomic E-state index is 11.7. The van der Waals surface area contributed by atoms with Crippen LogP contribution in [0, 0.1) is 5.92 Å². The maximum Gasteiger partial charge on any atom is 0.226 e. The van der Waals surface area contributed by atoms with Crippen molar-refractivity contribution in [1.29, 1.82) is 0 Å². The van der Waals surface area contributed by atoms with Gasteiger partial charge in [0.25, 0.3) is 0 Å². The Hall–Kier alpha value is -2.29. The summed E-state index contributed by atoms with van der Waals surface area (Å²) in [4.78, 5) is 11.7. The molecule has 3 heteroatoms. The minimum atomic E-state index is -0.00724. The van der Waals surface area contributed by atoms with Crippen molar-refractivity contribution in [2.75, 3.05) is 17.7 Å². The number of amides is 1. The first-order chi connectivity index (χ1) is 10.1. The first-order valence-electron chi connectivity index (χ1n) is 7.25. The Morgan fingerprint density at radius 2 is 1.71 bits per heavy atom. The lowest BCUT2D eigenvalue weighted by atomic mass is 10.0. The molecule has 2 aromatic carbocycles. The van der Waals surface area contributed by atoms with Crippen molar-refractivity contribution in [3.63, 3.8) is 0 Å². The molecule has 2 rings (SSSR count). The molecule has 3 nitrogen and oxygen atoms in total. The van der Waals surface area contributed by atoms with E-state index in [9.17, 15) is 4.79 Å². The molecule has 0 bridgehead atoms. The molecule has 0 aliphatic heterocycles. The third-order valence-corrected chi connectivity index (χ3v) is 3.43. The van der Waals surface area contributed by atoms with E-state index in [0.717, 1.165) is 17.8 Å². The van der Waals surface area contributed by atoms with Gasteiger partial charge in [-0.2, -0.15) is 0 Å². The Kier molecular flexibility index (Phi) is 4.99. The quantitative estimate of drug-likeness (QED) is 0.873. The van der Waals surface area contributed by atoms with Crippen LogP contribution >= 0.6 is 0 Å². The summed E-state index contributed by atoms with van der Waals surface area (Å²) in [6.07, 6.45) is 0.870. The summed E-state index contributed by atoms with van der Waals surface area (Å²) in [7, 11) is 1.93. The number of benzene rings is 2. The molecule has 0 radical (unpaired) electrons. The van der Waals surface area contributed by atoms with E-state index in [0.29, 0.717) is 0 Å². The second-order valence-electron chi connectivity index (χ2n) is 5.42. The lowest BCUT2D eigenvalue weighted by Crippen LogP contribution is -2.17. The van der Waals surface area contributed by atoms with E-state index >= 15 is 0 Å². The van der Waals surface area contributed by atoms with E-state index in [4.69, 9.17) is 0 Å². The third kappa shape index (κ3) is 4.09. The fourth-order valence-corrected chi connectivity index (χ4v) is 2.13. The highest BCUT2D eigenvalue weighted by molar-refractivity contribution is 5.92. The van der Waals surface area contributed by atoms with E-state index in [-0.39, 0.29) is 11.8 Å². The summed E-state index contributed by atoms with van der Waals surface area (Å²) < 4.78 is 0. The van der Waals surface area contributed by atoms with Crippen LogP contribution in [-0.4, -0.2) is 13.0 Å². The molecular formula is C18H22N2O. The summed E-state index contributed by atoms with van der Waals surface area (Å²) >= 11 is 0. The SMILES string of the molecule is CNc1ccccc1Cc1ccc(NC(=O)C(C)C)cc1. The van der Waals surface area contributed by atoms with Crippen molar-refractivity contribution in [1.82, 2.24) is 0 Å². The molecule has 0 unspecified atom stereocenters. The van der Waals surface area contributed by atoms with Crippen molar-refractivity contribution in [2.24, 2.45) is 5.92 Å². The van der Waals surface area contributed by atoms with Gasteiger partial charge in [-0.05, 0) is 35.7 Å². The molecular weight excluding hydrogens is 260 g/mol. The van der Waals surface area contributed by atoms with E-state index in [1.165, 1.54) is 11.1 Å².